The van der Waals surface area contributed by atoms with Gasteiger partial charge in [0.05, 0.1) is 5.02 Å². The zero-order chi connectivity index (χ0) is 28.2. The third-order valence-electron chi connectivity index (χ3n) is 7.05. The SMILES string of the molecule is O=C(c1nnn(-c2ccccc2Oc2ccc(Cl)cc2Cl)c1-c1ccccc1)N1CCNCC1Cc1ccccc1. The van der Waals surface area contributed by atoms with Crippen molar-refractivity contribution in [1.29, 1.82) is 0 Å². The first-order valence-corrected chi connectivity index (χ1v) is 14.1. The van der Waals surface area contributed by atoms with Gasteiger partial charge in [-0.2, -0.15) is 0 Å². The predicted molar refractivity (Wildman–Crippen MR) is 161 cm³/mol. The van der Waals surface area contributed by atoms with Crippen LogP contribution in [0, 0.1) is 0 Å². The van der Waals surface area contributed by atoms with E-state index in [0.717, 1.165) is 12.0 Å². The minimum atomic E-state index is -0.156. The van der Waals surface area contributed by atoms with Gasteiger partial charge < -0.3 is 15.0 Å². The average molecular weight is 585 g/mol. The topological polar surface area (TPSA) is 72.3 Å². The summed E-state index contributed by atoms with van der Waals surface area (Å²) in [6.07, 6.45) is 0.743. The lowest BCUT2D eigenvalue weighted by atomic mass is 10.0. The van der Waals surface area contributed by atoms with Crippen molar-refractivity contribution in [2.75, 3.05) is 19.6 Å². The number of hydrogen-bond donors (Lipinski definition) is 1. The molecule has 1 aliphatic heterocycles. The van der Waals surface area contributed by atoms with Gasteiger partial charge in [0.15, 0.2) is 11.4 Å². The van der Waals surface area contributed by atoms with E-state index in [1.165, 1.54) is 5.56 Å². The molecule has 7 nitrogen and oxygen atoms in total. The van der Waals surface area contributed by atoms with Crippen molar-refractivity contribution in [2.24, 2.45) is 0 Å². The average Bonchev–Trinajstić information content (AvgIpc) is 3.45. The highest BCUT2D eigenvalue weighted by molar-refractivity contribution is 6.35. The van der Waals surface area contributed by atoms with Crippen molar-refractivity contribution in [3.63, 3.8) is 0 Å². The number of piperazine rings is 1. The molecular weight excluding hydrogens is 557 g/mol. The van der Waals surface area contributed by atoms with Crippen LogP contribution in [0.4, 0.5) is 0 Å². The fourth-order valence-electron chi connectivity index (χ4n) is 5.08. The fourth-order valence-corrected chi connectivity index (χ4v) is 5.52. The number of carbonyl (C=O) groups excluding carboxylic acids is 1. The number of para-hydroxylation sites is 2. The molecule has 1 amide bonds. The molecule has 1 atom stereocenters. The molecular formula is C32H27Cl2N5O2. The van der Waals surface area contributed by atoms with Gasteiger partial charge in [-0.3, -0.25) is 4.79 Å². The summed E-state index contributed by atoms with van der Waals surface area (Å²) in [4.78, 5) is 16.1. The van der Waals surface area contributed by atoms with E-state index < -0.39 is 0 Å². The second-order valence-electron chi connectivity index (χ2n) is 9.76. The normalized spacial score (nSPS) is 15.1. The number of hydrogen-bond acceptors (Lipinski definition) is 5. The lowest BCUT2D eigenvalue weighted by Gasteiger charge is -2.36. The Balaban J connectivity index is 1.41. The van der Waals surface area contributed by atoms with E-state index >= 15 is 0 Å². The van der Waals surface area contributed by atoms with Crippen LogP contribution in [0.2, 0.25) is 10.0 Å². The number of benzene rings is 4. The third kappa shape index (κ3) is 5.84. The maximum Gasteiger partial charge on any atom is 0.277 e. The fraction of sp³-hybridized carbons (Fsp3) is 0.156. The van der Waals surface area contributed by atoms with Crippen molar-refractivity contribution < 1.29 is 9.53 Å². The molecule has 9 heteroatoms. The maximum atomic E-state index is 14.2. The van der Waals surface area contributed by atoms with Crippen LogP contribution in [0.1, 0.15) is 16.1 Å². The second-order valence-corrected chi connectivity index (χ2v) is 10.6. The summed E-state index contributed by atoms with van der Waals surface area (Å²) in [5, 5.41) is 13.3. The molecule has 1 saturated heterocycles. The Hall–Kier alpha value is -4.17. The summed E-state index contributed by atoms with van der Waals surface area (Å²) in [6, 6.07) is 32.4. The van der Waals surface area contributed by atoms with Crippen LogP contribution in [-0.2, 0) is 6.42 Å². The summed E-state index contributed by atoms with van der Waals surface area (Å²) >= 11 is 12.5. The van der Waals surface area contributed by atoms with Crippen molar-refractivity contribution in [3.05, 3.63) is 124 Å². The molecule has 5 aromatic rings. The van der Waals surface area contributed by atoms with Crippen molar-refractivity contribution >= 4 is 29.1 Å². The third-order valence-corrected chi connectivity index (χ3v) is 7.58. The van der Waals surface area contributed by atoms with Crippen molar-refractivity contribution in [2.45, 2.75) is 12.5 Å². The van der Waals surface area contributed by atoms with Gasteiger partial charge in [0.25, 0.3) is 5.91 Å². The maximum absolute atomic E-state index is 14.2. The van der Waals surface area contributed by atoms with Gasteiger partial charge in [0.1, 0.15) is 17.1 Å². The van der Waals surface area contributed by atoms with E-state index in [9.17, 15) is 4.79 Å². The van der Waals surface area contributed by atoms with E-state index in [1.54, 1.807) is 22.9 Å². The molecule has 1 aliphatic rings. The highest BCUT2D eigenvalue weighted by Crippen LogP contribution is 2.36. The first-order chi connectivity index (χ1) is 20.1. The van der Waals surface area contributed by atoms with Crippen LogP contribution in [-0.4, -0.2) is 51.5 Å². The summed E-state index contributed by atoms with van der Waals surface area (Å²) in [5.41, 5.74) is 3.49. The molecule has 0 radical (unpaired) electrons. The number of rotatable bonds is 7. The van der Waals surface area contributed by atoms with E-state index in [0.29, 0.717) is 52.6 Å². The van der Waals surface area contributed by atoms with Gasteiger partial charge in [-0.15, -0.1) is 5.10 Å². The lowest BCUT2D eigenvalue weighted by molar-refractivity contribution is 0.0630. The van der Waals surface area contributed by atoms with Crippen LogP contribution < -0.4 is 10.1 Å². The number of nitrogens with zero attached hydrogens (tertiary/aromatic N) is 4. The Morgan fingerprint density at radius 1 is 0.902 bits per heavy atom. The van der Waals surface area contributed by atoms with Crippen molar-refractivity contribution in [3.8, 4) is 28.4 Å². The molecule has 0 spiro atoms. The molecule has 206 valence electrons. The Kier molecular flexibility index (Phi) is 8.00. The monoisotopic (exact) mass is 583 g/mol. The largest absolute Gasteiger partial charge is 0.454 e. The zero-order valence-electron chi connectivity index (χ0n) is 22.1. The van der Waals surface area contributed by atoms with Crippen LogP contribution >= 0.6 is 23.2 Å². The van der Waals surface area contributed by atoms with Crippen LogP contribution in [0.15, 0.2) is 103 Å². The quantitative estimate of drug-likeness (QED) is 0.231. The van der Waals surface area contributed by atoms with Crippen molar-refractivity contribution in [1.82, 2.24) is 25.2 Å². The van der Waals surface area contributed by atoms with Gasteiger partial charge in [-0.25, -0.2) is 4.68 Å². The van der Waals surface area contributed by atoms with Crippen LogP contribution in [0.25, 0.3) is 16.9 Å². The molecule has 0 aliphatic carbocycles. The molecule has 4 aromatic carbocycles. The first kappa shape index (κ1) is 27.0. The van der Waals surface area contributed by atoms with Gasteiger partial charge in [0, 0.05) is 36.3 Å². The Morgan fingerprint density at radius 3 is 2.41 bits per heavy atom. The standard InChI is InChI=1S/C32H27Cl2N5O2/c33-24-15-16-28(26(34)20-24)41-29-14-8-7-13-27(29)39-31(23-11-5-2-6-12-23)30(36-37-39)32(40)38-18-17-35-21-25(38)19-22-9-3-1-4-10-22/h1-16,20,25,35H,17-19,21H2. The minimum absolute atomic E-state index is 0.0184. The number of aromatic nitrogens is 3. The van der Waals surface area contributed by atoms with Gasteiger partial charge >= 0.3 is 0 Å². The Morgan fingerprint density at radius 2 is 1.63 bits per heavy atom. The molecule has 1 aromatic heterocycles. The minimum Gasteiger partial charge on any atom is -0.454 e. The highest BCUT2D eigenvalue weighted by Gasteiger charge is 2.32. The number of nitrogens with one attached hydrogen (secondary N) is 1. The first-order valence-electron chi connectivity index (χ1n) is 13.4. The number of amides is 1. The molecule has 1 fully saturated rings. The van der Waals surface area contributed by atoms with Gasteiger partial charge in [0.2, 0.25) is 0 Å². The lowest BCUT2D eigenvalue weighted by Crippen LogP contribution is -2.54. The molecule has 6 rings (SSSR count). The molecule has 1 N–H and O–H groups in total. The summed E-state index contributed by atoms with van der Waals surface area (Å²) < 4.78 is 7.89. The number of halogens is 2. The Labute approximate surface area is 248 Å². The molecule has 2 heterocycles. The zero-order valence-corrected chi connectivity index (χ0v) is 23.6. The summed E-state index contributed by atoms with van der Waals surface area (Å²) in [5.74, 6) is 0.796. The summed E-state index contributed by atoms with van der Waals surface area (Å²) in [6.45, 7) is 1.99. The molecule has 1 unspecified atom stereocenters. The highest BCUT2D eigenvalue weighted by atomic mass is 35.5. The summed E-state index contributed by atoms with van der Waals surface area (Å²) in [7, 11) is 0. The molecule has 0 bridgehead atoms. The van der Waals surface area contributed by atoms with E-state index in [2.05, 4.69) is 27.8 Å². The number of ether oxygens (including phenoxy) is 1. The van der Waals surface area contributed by atoms with Gasteiger partial charge in [-0.05, 0) is 42.3 Å². The molecule has 0 saturated carbocycles. The molecule has 41 heavy (non-hydrogen) atoms. The predicted octanol–water partition coefficient (Wildman–Crippen LogP) is 6.69. The number of carbonyl (C=O) groups is 1. The van der Waals surface area contributed by atoms with Gasteiger partial charge in [-0.1, -0.05) is 101 Å². The van der Waals surface area contributed by atoms with E-state index in [1.807, 2.05) is 77.7 Å². The van der Waals surface area contributed by atoms with E-state index in [4.69, 9.17) is 27.9 Å². The second kappa shape index (κ2) is 12.1. The smallest absolute Gasteiger partial charge is 0.277 e. The van der Waals surface area contributed by atoms with Crippen LogP contribution in [0.5, 0.6) is 11.5 Å². The van der Waals surface area contributed by atoms with E-state index in [-0.39, 0.29) is 17.6 Å². The Bertz CT molecular complexity index is 1660. The van der Waals surface area contributed by atoms with Crippen LogP contribution in [0.3, 0.4) is 0 Å².